The molecule has 3 heteroatoms. The van der Waals surface area contributed by atoms with Gasteiger partial charge in [0.1, 0.15) is 0 Å². The zero-order valence-electron chi connectivity index (χ0n) is 11.9. The highest BCUT2D eigenvalue weighted by Gasteiger charge is 2.16. The zero-order chi connectivity index (χ0) is 12.5. The van der Waals surface area contributed by atoms with E-state index in [9.17, 15) is 0 Å². The topological polar surface area (TPSA) is 24.5 Å². The van der Waals surface area contributed by atoms with Crippen molar-refractivity contribution in [3.05, 3.63) is 0 Å². The molecule has 2 atom stereocenters. The molecule has 1 aliphatic rings. The molecule has 17 heavy (non-hydrogen) atoms. The van der Waals surface area contributed by atoms with Crippen LogP contribution in [0.5, 0.6) is 0 Å². The summed E-state index contributed by atoms with van der Waals surface area (Å²) >= 11 is 0. The summed E-state index contributed by atoms with van der Waals surface area (Å²) in [7, 11) is 1.79. The first-order chi connectivity index (χ1) is 8.27. The summed E-state index contributed by atoms with van der Waals surface area (Å²) in [5.74, 6) is 0. The first-order valence-corrected chi connectivity index (χ1v) is 7.24. The SMILES string of the molecule is CCC(C)N(CCOC)CCC1CCCCN1. The number of piperidine rings is 1. The maximum Gasteiger partial charge on any atom is 0.0589 e. The van der Waals surface area contributed by atoms with Crippen LogP contribution in [0.4, 0.5) is 0 Å². The van der Waals surface area contributed by atoms with Crippen LogP contribution in [0.15, 0.2) is 0 Å². The summed E-state index contributed by atoms with van der Waals surface area (Å²) in [4.78, 5) is 2.57. The van der Waals surface area contributed by atoms with Crippen LogP contribution in [0.2, 0.25) is 0 Å². The van der Waals surface area contributed by atoms with E-state index in [1.54, 1.807) is 7.11 Å². The van der Waals surface area contributed by atoms with Crippen molar-refractivity contribution in [1.29, 1.82) is 0 Å². The fourth-order valence-corrected chi connectivity index (χ4v) is 2.51. The summed E-state index contributed by atoms with van der Waals surface area (Å²) in [5.41, 5.74) is 0. The van der Waals surface area contributed by atoms with Crippen molar-refractivity contribution in [2.45, 2.75) is 58.0 Å². The molecule has 1 aliphatic heterocycles. The molecule has 0 spiro atoms. The second-order valence-corrected chi connectivity index (χ2v) is 5.22. The van der Waals surface area contributed by atoms with Gasteiger partial charge in [0, 0.05) is 25.7 Å². The van der Waals surface area contributed by atoms with E-state index in [1.807, 2.05) is 0 Å². The van der Waals surface area contributed by atoms with Crippen LogP contribution in [0, 0.1) is 0 Å². The molecular formula is C14H30N2O. The van der Waals surface area contributed by atoms with E-state index in [-0.39, 0.29) is 0 Å². The molecule has 0 bridgehead atoms. The van der Waals surface area contributed by atoms with Crippen molar-refractivity contribution in [3.63, 3.8) is 0 Å². The molecule has 1 rings (SSSR count). The van der Waals surface area contributed by atoms with Gasteiger partial charge in [0.05, 0.1) is 6.61 Å². The highest BCUT2D eigenvalue weighted by molar-refractivity contribution is 4.75. The molecule has 1 heterocycles. The van der Waals surface area contributed by atoms with E-state index >= 15 is 0 Å². The maximum atomic E-state index is 5.20. The van der Waals surface area contributed by atoms with Gasteiger partial charge in [-0.1, -0.05) is 13.3 Å². The van der Waals surface area contributed by atoms with Crippen LogP contribution in [-0.4, -0.2) is 50.3 Å². The third-order valence-corrected chi connectivity index (χ3v) is 3.97. The molecule has 0 radical (unpaired) electrons. The second kappa shape index (κ2) is 8.90. The number of nitrogens with zero attached hydrogens (tertiary/aromatic N) is 1. The summed E-state index contributed by atoms with van der Waals surface area (Å²) in [6.45, 7) is 8.93. The predicted octanol–water partition coefficient (Wildman–Crippen LogP) is 2.27. The van der Waals surface area contributed by atoms with E-state index in [1.165, 1.54) is 45.2 Å². The van der Waals surface area contributed by atoms with Crippen molar-refractivity contribution >= 4 is 0 Å². The average Bonchev–Trinajstić information content (AvgIpc) is 2.39. The molecule has 1 fully saturated rings. The lowest BCUT2D eigenvalue weighted by molar-refractivity contribution is 0.118. The number of hydrogen-bond acceptors (Lipinski definition) is 3. The minimum atomic E-state index is 0.675. The number of hydrogen-bond donors (Lipinski definition) is 1. The zero-order valence-corrected chi connectivity index (χ0v) is 11.9. The lowest BCUT2D eigenvalue weighted by Crippen LogP contribution is -2.41. The van der Waals surface area contributed by atoms with Crippen molar-refractivity contribution in [1.82, 2.24) is 10.2 Å². The maximum absolute atomic E-state index is 5.20. The van der Waals surface area contributed by atoms with E-state index in [2.05, 4.69) is 24.1 Å². The minimum Gasteiger partial charge on any atom is -0.383 e. The molecule has 102 valence electrons. The Labute approximate surface area is 107 Å². The Morgan fingerprint density at radius 2 is 2.18 bits per heavy atom. The lowest BCUT2D eigenvalue weighted by atomic mass is 10.0. The molecule has 2 unspecified atom stereocenters. The molecule has 0 aromatic carbocycles. The summed E-state index contributed by atoms with van der Waals surface area (Å²) in [6.07, 6.45) is 6.63. The third kappa shape index (κ3) is 5.84. The van der Waals surface area contributed by atoms with E-state index < -0.39 is 0 Å². The normalized spacial score (nSPS) is 22.9. The van der Waals surface area contributed by atoms with Crippen molar-refractivity contribution in [2.24, 2.45) is 0 Å². The fourth-order valence-electron chi connectivity index (χ4n) is 2.51. The van der Waals surface area contributed by atoms with E-state index in [4.69, 9.17) is 4.74 Å². The lowest BCUT2D eigenvalue weighted by Gasteiger charge is -2.31. The predicted molar refractivity (Wildman–Crippen MR) is 73.5 cm³/mol. The number of methoxy groups -OCH3 is 1. The second-order valence-electron chi connectivity index (χ2n) is 5.22. The molecule has 0 aliphatic carbocycles. The van der Waals surface area contributed by atoms with Gasteiger partial charge in [-0.15, -0.1) is 0 Å². The third-order valence-electron chi connectivity index (χ3n) is 3.97. The van der Waals surface area contributed by atoms with Crippen LogP contribution < -0.4 is 5.32 Å². The quantitative estimate of drug-likeness (QED) is 0.706. The Balaban J connectivity index is 2.26. The number of nitrogens with one attached hydrogen (secondary N) is 1. The Kier molecular flexibility index (Phi) is 7.82. The first-order valence-electron chi connectivity index (χ1n) is 7.24. The molecule has 0 amide bonds. The van der Waals surface area contributed by atoms with Gasteiger partial charge in [0.2, 0.25) is 0 Å². The molecule has 1 saturated heterocycles. The largest absolute Gasteiger partial charge is 0.383 e. The Morgan fingerprint density at radius 1 is 1.35 bits per heavy atom. The molecule has 0 saturated carbocycles. The molecular weight excluding hydrogens is 212 g/mol. The van der Waals surface area contributed by atoms with Gasteiger partial charge in [0.15, 0.2) is 0 Å². The fraction of sp³-hybridized carbons (Fsp3) is 1.00. The molecule has 1 N–H and O–H groups in total. The van der Waals surface area contributed by atoms with Gasteiger partial charge in [-0.25, -0.2) is 0 Å². The number of rotatable bonds is 8. The highest BCUT2D eigenvalue weighted by Crippen LogP contribution is 2.12. The number of ether oxygens (including phenoxy) is 1. The highest BCUT2D eigenvalue weighted by atomic mass is 16.5. The summed E-state index contributed by atoms with van der Waals surface area (Å²) < 4.78 is 5.20. The van der Waals surface area contributed by atoms with Crippen molar-refractivity contribution in [3.8, 4) is 0 Å². The summed E-state index contributed by atoms with van der Waals surface area (Å²) in [5, 5.41) is 3.63. The summed E-state index contributed by atoms with van der Waals surface area (Å²) in [6, 6.07) is 1.42. The van der Waals surface area contributed by atoms with Gasteiger partial charge in [-0.2, -0.15) is 0 Å². The van der Waals surface area contributed by atoms with Gasteiger partial charge in [-0.05, 0) is 45.7 Å². The standard InChI is InChI=1S/C14H30N2O/c1-4-13(2)16(11-12-17-3)10-8-14-7-5-6-9-15-14/h13-15H,4-12H2,1-3H3. The van der Waals surface area contributed by atoms with Crippen molar-refractivity contribution < 1.29 is 4.74 Å². The van der Waals surface area contributed by atoms with E-state index in [0.717, 1.165) is 19.2 Å². The van der Waals surface area contributed by atoms with Gasteiger partial charge >= 0.3 is 0 Å². The smallest absolute Gasteiger partial charge is 0.0589 e. The van der Waals surface area contributed by atoms with Gasteiger partial charge < -0.3 is 10.1 Å². The van der Waals surface area contributed by atoms with Crippen LogP contribution >= 0.6 is 0 Å². The monoisotopic (exact) mass is 242 g/mol. The Bertz CT molecular complexity index is 181. The van der Waals surface area contributed by atoms with Gasteiger partial charge in [0.25, 0.3) is 0 Å². The van der Waals surface area contributed by atoms with Crippen LogP contribution in [-0.2, 0) is 4.74 Å². The molecule has 0 aromatic heterocycles. The minimum absolute atomic E-state index is 0.675. The van der Waals surface area contributed by atoms with Crippen LogP contribution in [0.25, 0.3) is 0 Å². The Morgan fingerprint density at radius 3 is 2.76 bits per heavy atom. The average molecular weight is 242 g/mol. The Hall–Kier alpha value is -0.120. The van der Waals surface area contributed by atoms with Crippen LogP contribution in [0.1, 0.15) is 46.0 Å². The molecule has 0 aromatic rings. The van der Waals surface area contributed by atoms with Crippen molar-refractivity contribution in [2.75, 3.05) is 33.4 Å². The first kappa shape index (κ1) is 14.9. The van der Waals surface area contributed by atoms with E-state index in [0.29, 0.717) is 6.04 Å². The van der Waals surface area contributed by atoms with Crippen LogP contribution in [0.3, 0.4) is 0 Å². The van der Waals surface area contributed by atoms with Gasteiger partial charge in [-0.3, -0.25) is 4.90 Å². The molecule has 3 nitrogen and oxygen atoms in total.